The summed E-state index contributed by atoms with van der Waals surface area (Å²) in [5, 5.41) is 5.65. The van der Waals surface area contributed by atoms with E-state index in [9.17, 15) is 18.0 Å². The van der Waals surface area contributed by atoms with Crippen LogP contribution in [0.5, 0.6) is 5.75 Å². The van der Waals surface area contributed by atoms with Gasteiger partial charge in [-0.25, -0.2) is 23.5 Å². The summed E-state index contributed by atoms with van der Waals surface area (Å²) in [4.78, 5) is 38.1. The van der Waals surface area contributed by atoms with E-state index in [-0.39, 0.29) is 28.7 Å². The molecule has 35 heavy (non-hydrogen) atoms. The molecule has 10 nitrogen and oxygen atoms in total. The fourth-order valence-corrected chi connectivity index (χ4v) is 5.33. The topological polar surface area (TPSA) is 136 Å². The van der Waals surface area contributed by atoms with Crippen molar-refractivity contribution in [2.24, 2.45) is 17.0 Å². The molecule has 4 heterocycles. The Bertz CT molecular complexity index is 1400. The number of aromatic nitrogens is 2. The van der Waals surface area contributed by atoms with Gasteiger partial charge in [0.1, 0.15) is 11.4 Å². The molecule has 2 amide bonds. The first-order chi connectivity index (χ1) is 16.7. The van der Waals surface area contributed by atoms with Crippen LogP contribution in [0.2, 0.25) is 0 Å². The van der Waals surface area contributed by atoms with E-state index in [4.69, 9.17) is 9.88 Å². The SMILES string of the molecule is CCOc1cc(C(=O)N2C[C@@H]3CN(C(=O)c4ccc(S(N)(=O)=O)nc4)C[C@H]3C2)nc2ccccc12. The summed E-state index contributed by atoms with van der Waals surface area (Å²) in [5.41, 5.74) is 1.36. The number of primary sulfonamides is 1. The van der Waals surface area contributed by atoms with E-state index in [1.807, 2.05) is 31.2 Å². The Morgan fingerprint density at radius 2 is 1.69 bits per heavy atom. The van der Waals surface area contributed by atoms with Crippen molar-refractivity contribution >= 4 is 32.7 Å². The zero-order chi connectivity index (χ0) is 24.7. The molecule has 2 aromatic heterocycles. The second-order valence-corrected chi connectivity index (χ2v) is 10.3. The number of likely N-dealkylation sites (tertiary alicyclic amines) is 2. The number of pyridine rings is 2. The lowest BCUT2D eigenvalue weighted by Gasteiger charge is -2.22. The number of amides is 2. The number of carbonyl (C=O) groups excluding carboxylic acids is 2. The minimum atomic E-state index is -3.92. The molecule has 2 saturated heterocycles. The maximum absolute atomic E-state index is 13.3. The summed E-state index contributed by atoms with van der Waals surface area (Å²) < 4.78 is 28.5. The van der Waals surface area contributed by atoms with E-state index in [0.29, 0.717) is 55.3 Å². The second-order valence-electron chi connectivity index (χ2n) is 8.83. The monoisotopic (exact) mass is 495 g/mol. The van der Waals surface area contributed by atoms with Crippen LogP contribution in [0.1, 0.15) is 27.8 Å². The largest absolute Gasteiger partial charge is 0.493 e. The van der Waals surface area contributed by atoms with Crippen LogP contribution in [0.4, 0.5) is 0 Å². The third-order valence-electron chi connectivity index (χ3n) is 6.53. The number of fused-ring (bicyclic) bond motifs is 2. The molecular weight excluding hydrogens is 470 g/mol. The van der Waals surface area contributed by atoms with Gasteiger partial charge in [-0.05, 0) is 31.2 Å². The van der Waals surface area contributed by atoms with Gasteiger partial charge < -0.3 is 14.5 Å². The Balaban J connectivity index is 1.27. The van der Waals surface area contributed by atoms with Gasteiger partial charge in [-0.2, -0.15) is 0 Å². The summed E-state index contributed by atoms with van der Waals surface area (Å²) in [6, 6.07) is 11.9. The summed E-state index contributed by atoms with van der Waals surface area (Å²) in [6.07, 6.45) is 1.23. The maximum atomic E-state index is 13.3. The molecule has 182 valence electrons. The number of nitrogens with two attached hydrogens (primary N) is 1. The summed E-state index contributed by atoms with van der Waals surface area (Å²) >= 11 is 0. The van der Waals surface area contributed by atoms with Crippen LogP contribution in [-0.4, -0.2) is 72.8 Å². The first kappa shape index (κ1) is 23.2. The highest BCUT2D eigenvalue weighted by atomic mass is 32.2. The van der Waals surface area contributed by atoms with E-state index >= 15 is 0 Å². The predicted octanol–water partition coefficient (Wildman–Crippen LogP) is 1.52. The van der Waals surface area contributed by atoms with Crippen molar-refractivity contribution < 1.29 is 22.7 Å². The van der Waals surface area contributed by atoms with Gasteiger partial charge in [0.05, 0.1) is 17.7 Å². The van der Waals surface area contributed by atoms with Crippen LogP contribution in [0.15, 0.2) is 53.7 Å². The van der Waals surface area contributed by atoms with Crippen LogP contribution in [0.25, 0.3) is 10.9 Å². The van der Waals surface area contributed by atoms with E-state index in [1.54, 1.807) is 15.9 Å². The Morgan fingerprint density at radius 1 is 1.03 bits per heavy atom. The molecule has 1 aromatic carbocycles. The average molecular weight is 496 g/mol. The van der Waals surface area contributed by atoms with Crippen LogP contribution in [0, 0.1) is 11.8 Å². The van der Waals surface area contributed by atoms with E-state index in [1.165, 1.54) is 18.3 Å². The number of sulfonamides is 1. The van der Waals surface area contributed by atoms with Gasteiger partial charge >= 0.3 is 0 Å². The summed E-state index contributed by atoms with van der Waals surface area (Å²) in [7, 11) is -3.92. The normalized spacial score (nSPS) is 19.7. The zero-order valence-electron chi connectivity index (χ0n) is 19.1. The molecule has 2 atom stereocenters. The quantitative estimate of drug-likeness (QED) is 0.567. The van der Waals surface area contributed by atoms with Gasteiger partial charge in [0.15, 0.2) is 5.03 Å². The highest BCUT2D eigenvalue weighted by Crippen LogP contribution is 2.33. The zero-order valence-corrected chi connectivity index (χ0v) is 19.9. The van der Waals surface area contributed by atoms with Crippen molar-refractivity contribution in [3.05, 3.63) is 59.9 Å². The number of rotatable bonds is 5. The van der Waals surface area contributed by atoms with E-state index < -0.39 is 10.0 Å². The lowest BCUT2D eigenvalue weighted by Crippen LogP contribution is -2.36. The lowest BCUT2D eigenvalue weighted by molar-refractivity contribution is 0.0735. The Morgan fingerprint density at radius 3 is 2.29 bits per heavy atom. The molecule has 5 rings (SSSR count). The van der Waals surface area contributed by atoms with Crippen LogP contribution in [-0.2, 0) is 10.0 Å². The van der Waals surface area contributed by atoms with Crippen molar-refractivity contribution in [2.45, 2.75) is 11.9 Å². The third-order valence-corrected chi connectivity index (χ3v) is 7.36. The highest BCUT2D eigenvalue weighted by molar-refractivity contribution is 7.89. The van der Waals surface area contributed by atoms with Crippen molar-refractivity contribution in [1.29, 1.82) is 0 Å². The standard InChI is InChI=1S/C24H25N5O5S/c1-2-34-21-9-20(27-19-6-4-3-5-18(19)21)24(31)29-13-16-11-28(12-17(16)14-29)23(30)15-7-8-22(26-10-15)35(25,32)33/h3-10,16-17H,2,11-14H2,1H3,(H2,25,32,33)/t16-,17-/m0/s1. The highest BCUT2D eigenvalue weighted by Gasteiger charge is 2.43. The maximum Gasteiger partial charge on any atom is 0.272 e. The number of carbonyl (C=O) groups is 2. The number of para-hydroxylation sites is 1. The molecule has 3 aromatic rings. The average Bonchev–Trinajstić information content (AvgIpc) is 3.42. The Hall–Kier alpha value is -3.57. The minimum absolute atomic E-state index is 0.147. The molecule has 0 radical (unpaired) electrons. The number of nitrogens with zero attached hydrogens (tertiary/aromatic N) is 4. The fraction of sp³-hybridized carbons (Fsp3) is 0.333. The fourth-order valence-electron chi connectivity index (χ4n) is 4.87. The molecule has 2 aliphatic heterocycles. The van der Waals surface area contributed by atoms with Crippen molar-refractivity contribution in [1.82, 2.24) is 19.8 Å². The van der Waals surface area contributed by atoms with Gasteiger partial charge in [0.2, 0.25) is 0 Å². The smallest absolute Gasteiger partial charge is 0.272 e. The van der Waals surface area contributed by atoms with Crippen LogP contribution in [0.3, 0.4) is 0 Å². The van der Waals surface area contributed by atoms with Gasteiger partial charge in [-0.1, -0.05) is 12.1 Å². The van der Waals surface area contributed by atoms with E-state index in [2.05, 4.69) is 9.97 Å². The molecule has 2 N–H and O–H groups in total. The molecule has 0 bridgehead atoms. The van der Waals surface area contributed by atoms with E-state index in [0.717, 1.165) is 5.39 Å². The third kappa shape index (κ3) is 4.44. The number of hydrogen-bond acceptors (Lipinski definition) is 7. The van der Waals surface area contributed by atoms with Gasteiger partial charge in [0, 0.05) is 55.7 Å². The first-order valence-corrected chi connectivity index (χ1v) is 12.9. The minimum Gasteiger partial charge on any atom is -0.493 e. The number of ether oxygens (including phenoxy) is 1. The molecule has 0 aliphatic carbocycles. The van der Waals surface area contributed by atoms with Crippen molar-refractivity contribution in [3.63, 3.8) is 0 Å². The van der Waals surface area contributed by atoms with Crippen LogP contribution < -0.4 is 9.88 Å². The predicted molar refractivity (Wildman–Crippen MR) is 127 cm³/mol. The van der Waals surface area contributed by atoms with Crippen LogP contribution >= 0.6 is 0 Å². The van der Waals surface area contributed by atoms with Crippen molar-refractivity contribution in [3.8, 4) is 5.75 Å². The molecule has 2 fully saturated rings. The number of hydrogen-bond donors (Lipinski definition) is 1. The summed E-state index contributed by atoms with van der Waals surface area (Å²) in [6.45, 7) is 4.48. The van der Waals surface area contributed by atoms with Crippen molar-refractivity contribution in [2.75, 3.05) is 32.8 Å². The molecule has 2 aliphatic rings. The molecule has 0 saturated carbocycles. The molecule has 0 spiro atoms. The Kier molecular flexibility index (Phi) is 5.89. The van der Waals surface area contributed by atoms with Gasteiger partial charge in [-0.15, -0.1) is 0 Å². The molecular formula is C24H25N5O5S. The van der Waals surface area contributed by atoms with Gasteiger partial charge in [-0.3, -0.25) is 9.59 Å². The molecule has 0 unspecified atom stereocenters. The van der Waals surface area contributed by atoms with Gasteiger partial charge in [0.25, 0.3) is 21.8 Å². The number of benzene rings is 1. The summed E-state index contributed by atoms with van der Waals surface area (Å²) in [5.74, 6) is 0.590. The Labute approximate surface area is 202 Å². The first-order valence-electron chi connectivity index (χ1n) is 11.3. The molecule has 11 heteroatoms. The second kappa shape index (κ2) is 8.90. The lowest BCUT2D eigenvalue weighted by atomic mass is 10.0.